The molecule has 0 unspecified atom stereocenters. The van der Waals surface area contributed by atoms with Gasteiger partial charge in [-0.15, -0.1) is 6.58 Å². The summed E-state index contributed by atoms with van der Waals surface area (Å²) in [4.78, 5) is 22.2. The van der Waals surface area contributed by atoms with Crippen LogP contribution in [0.1, 0.15) is 0 Å². The number of piperazine rings is 1. The van der Waals surface area contributed by atoms with Gasteiger partial charge in [0.15, 0.2) is 5.82 Å². The molecular weight excluding hydrogens is 440 g/mol. The smallest absolute Gasteiger partial charge is 0.269 e. The SMILES string of the molecule is C=CCN1c2ncccc2-c2nc(Nc3ccc(N4CCN(C)CC4)cn3)ncc2S1(=O)=O. The van der Waals surface area contributed by atoms with E-state index in [0.29, 0.717) is 22.9 Å². The standard InChI is InChI=1S/C22H24N8O2S/c1-3-9-30-21-17(5-4-8-23-21)20-18(33(30,31)32)15-25-22(27-20)26-19-7-6-16(14-24-19)29-12-10-28(2)11-13-29/h3-8,14-15H,1,9-13H2,2H3,(H,24,25,26,27). The van der Waals surface area contributed by atoms with Crippen LogP contribution in [0.5, 0.6) is 0 Å². The first-order chi connectivity index (χ1) is 16.0. The number of anilines is 4. The highest BCUT2D eigenvalue weighted by atomic mass is 32.2. The van der Waals surface area contributed by atoms with E-state index in [1.165, 1.54) is 16.6 Å². The average Bonchev–Trinajstić information content (AvgIpc) is 2.83. The van der Waals surface area contributed by atoms with Crippen LogP contribution < -0.4 is 14.5 Å². The van der Waals surface area contributed by atoms with Crippen molar-refractivity contribution in [2.24, 2.45) is 0 Å². The van der Waals surface area contributed by atoms with E-state index in [0.717, 1.165) is 31.9 Å². The maximum absolute atomic E-state index is 13.2. The van der Waals surface area contributed by atoms with Crippen molar-refractivity contribution in [1.29, 1.82) is 0 Å². The summed E-state index contributed by atoms with van der Waals surface area (Å²) in [5, 5.41) is 3.08. The van der Waals surface area contributed by atoms with E-state index in [1.54, 1.807) is 18.3 Å². The third-order valence-corrected chi connectivity index (χ3v) is 7.51. The molecule has 33 heavy (non-hydrogen) atoms. The first kappa shape index (κ1) is 21.3. The minimum atomic E-state index is -3.85. The largest absolute Gasteiger partial charge is 0.368 e. The first-order valence-electron chi connectivity index (χ1n) is 10.6. The van der Waals surface area contributed by atoms with Crippen molar-refractivity contribution in [1.82, 2.24) is 24.8 Å². The van der Waals surface area contributed by atoms with Crippen molar-refractivity contribution in [3.8, 4) is 11.3 Å². The van der Waals surface area contributed by atoms with Crippen LogP contribution in [0.2, 0.25) is 0 Å². The molecule has 5 rings (SSSR count). The summed E-state index contributed by atoms with van der Waals surface area (Å²) < 4.78 is 27.5. The van der Waals surface area contributed by atoms with E-state index < -0.39 is 10.0 Å². The average molecular weight is 465 g/mol. The lowest BCUT2D eigenvalue weighted by molar-refractivity contribution is 0.313. The highest BCUT2D eigenvalue weighted by Gasteiger charge is 2.37. The second kappa shape index (κ2) is 8.41. The number of aromatic nitrogens is 4. The molecule has 5 heterocycles. The molecule has 1 N–H and O–H groups in total. The fourth-order valence-corrected chi connectivity index (χ4v) is 5.45. The van der Waals surface area contributed by atoms with Gasteiger partial charge in [0.2, 0.25) is 5.95 Å². The van der Waals surface area contributed by atoms with E-state index in [4.69, 9.17) is 0 Å². The molecule has 3 aromatic rings. The maximum atomic E-state index is 13.2. The molecule has 2 aliphatic heterocycles. The number of hydrogen-bond donors (Lipinski definition) is 1. The van der Waals surface area contributed by atoms with Gasteiger partial charge in [0.05, 0.1) is 24.6 Å². The Kier molecular flexibility index (Phi) is 5.43. The van der Waals surface area contributed by atoms with Gasteiger partial charge in [-0.2, -0.15) is 0 Å². The Morgan fingerprint density at radius 1 is 1.09 bits per heavy atom. The molecule has 3 aromatic heterocycles. The summed E-state index contributed by atoms with van der Waals surface area (Å²) in [6, 6.07) is 7.43. The fraction of sp³-hybridized carbons (Fsp3) is 0.273. The highest BCUT2D eigenvalue weighted by molar-refractivity contribution is 7.93. The normalized spacial score (nSPS) is 17.2. The van der Waals surface area contributed by atoms with E-state index in [2.05, 4.69) is 48.7 Å². The van der Waals surface area contributed by atoms with Gasteiger partial charge in [-0.3, -0.25) is 0 Å². The number of fused-ring (bicyclic) bond motifs is 3. The van der Waals surface area contributed by atoms with Crippen LogP contribution in [0.25, 0.3) is 11.3 Å². The second-order valence-electron chi connectivity index (χ2n) is 7.92. The van der Waals surface area contributed by atoms with Crippen LogP contribution in [0, 0.1) is 0 Å². The second-order valence-corrected chi connectivity index (χ2v) is 9.75. The van der Waals surface area contributed by atoms with Crippen LogP contribution in [0.15, 0.2) is 60.4 Å². The molecule has 0 aromatic carbocycles. The lowest BCUT2D eigenvalue weighted by Gasteiger charge is -2.33. The Morgan fingerprint density at radius 2 is 1.91 bits per heavy atom. The van der Waals surface area contributed by atoms with E-state index in [9.17, 15) is 8.42 Å². The van der Waals surface area contributed by atoms with Crippen LogP contribution in [-0.2, 0) is 10.0 Å². The summed E-state index contributed by atoms with van der Waals surface area (Å²) in [7, 11) is -1.72. The lowest BCUT2D eigenvalue weighted by Crippen LogP contribution is -2.44. The Bertz CT molecular complexity index is 1290. The summed E-state index contributed by atoms with van der Waals surface area (Å²) >= 11 is 0. The van der Waals surface area contributed by atoms with Crippen molar-refractivity contribution in [3.05, 3.63) is 55.5 Å². The lowest BCUT2D eigenvalue weighted by atomic mass is 10.1. The summed E-state index contributed by atoms with van der Waals surface area (Å²) in [6.07, 6.45) is 6.23. The van der Waals surface area contributed by atoms with Crippen LogP contribution in [0.3, 0.4) is 0 Å². The van der Waals surface area contributed by atoms with Crippen molar-refractivity contribution < 1.29 is 8.42 Å². The van der Waals surface area contributed by atoms with Crippen LogP contribution in [-0.4, -0.2) is 73.0 Å². The Morgan fingerprint density at radius 3 is 2.64 bits per heavy atom. The van der Waals surface area contributed by atoms with Gasteiger partial charge < -0.3 is 15.1 Å². The summed E-state index contributed by atoms with van der Waals surface area (Å²) in [6.45, 7) is 7.73. The minimum Gasteiger partial charge on any atom is -0.368 e. The molecule has 170 valence electrons. The van der Waals surface area contributed by atoms with Gasteiger partial charge in [0.1, 0.15) is 16.4 Å². The van der Waals surface area contributed by atoms with Crippen molar-refractivity contribution >= 4 is 33.3 Å². The number of rotatable bonds is 5. The zero-order chi connectivity index (χ0) is 23.0. The predicted molar refractivity (Wildman–Crippen MR) is 127 cm³/mol. The van der Waals surface area contributed by atoms with E-state index in [1.807, 2.05) is 18.3 Å². The Balaban J connectivity index is 1.43. The van der Waals surface area contributed by atoms with Crippen molar-refractivity contribution in [2.75, 3.05) is 54.3 Å². The minimum absolute atomic E-state index is 0.0359. The molecule has 11 heteroatoms. The van der Waals surface area contributed by atoms with Gasteiger partial charge in [-0.25, -0.2) is 32.7 Å². The molecule has 0 aliphatic carbocycles. The van der Waals surface area contributed by atoms with Crippen LogP contribution >= 0.6 is 0 Å². The molecule has 1 fully saturated rings. The zero-order valence-electron chi connectivity index (χ0n) is 18.2. The van der Waals surface area contributed by atoms with Gasteiger partial charge in [-0.1, -0.05) is 6.08 Å². The maximum Gasteiger partial charge on any atom is 0.269 e. The predicted octanol–water partition coefficient (Wildman–Crippen LogP) is 2.12. The monoisotopic (exact) mass is 464 g/mol. The molecule has 0 radical (unpaired) electrons. The number of likely N-dealkylation sites (N-methyl/N-ethyl adjacent to an activating group) is 1. The number of hydrogen-bond acceptors (Lipinski definition) is 9. The molecule has 1 saturated heterocycles. The number of nitrogens with one attached hydrogen (secondary N) is 1. The molecule has 10 nitrogen and oxygen atoms in total. The number of nitrogens with zero attached hydrogens (tertiary/aromatic N) is 7. The summed E-state index contributed by atoms with van der Waals surface area (Å²) in [5.41, 5.74) is 1.99. The quantitative estimate of drug-likeness (QED) is 0.568. The third kappa shape index (κ3) is 3.89. The molecule has 0 spiro atoms. The molecule has 2 aliphatic rings. The zero-order valence-corrected chi connectivity index (χ0v) is 19.0. The van der Waals surface area contributed by atoms with Gasteiger partial charge >= 0.3 is 0 Å². The molecule has 0 bridgehead atoms. The Labute approximate surface area is 192 Å². The van der Waals surface area contributed by atoms with Crippen LogP contribution in [0.4, 0.5) is 23.3 Å². The van der Waals surface area contributed by atoms with Gasteiger partial charge in [0, 0.05) is 37.9 Å². The van der Waals surface area contributed by atoms with Crippen molar-refractivity contribution in [3.63, 3.8) is 0 Å². The molecular formula is C22H24N8O2S. The fourth-order valence-electron chi connectivity index (χ4n) is 3.95. The van der Waals surface area contributed by atoms with E-state index >= 15 is 0 Å². The molecule has 0 atom stereocenters. The third-order valence-electron chi connectivity index (χ3n) is 5.75. The Hall–Kier alpha value is -3.57. The summed E-state index contributed by atoms with van der Waals surface area (Å²) in [5.74, 6) is 1.16. The highest BCUT2D eigenvalue weighted by Crippen LogP contribution is 2.40. The van der Waals surface area contributed by atoms with Crippen molar-refractivity contribution in [2.45, 2.75) is 4.90 Å². The van der Waals surface area contributed by atoms with Gasteiger partial charge in [0.25, 0.3) is 10.0 Å². The molecule has 0 amide bonds. The molecule has 0 saturated carbocycles. The van der Waals surface area contributed by atoms with Gasteiger partial charge in [-0.05, 0) is 31.3 Å². The topological polar surface area (TPSA) is 107 Å². The first-order valence-corrected chi connectivity index (χ1v) is 12.0. The number of sulfonamides is 1. The number of pyridine rings is 2. The van der Waals surface area contributed by atoms with E-state index in [-0.39, 0.29) is 17.4 Å².